The molecule has 1 atom stereocenters. The van der Waals surface area contributed by atoms with E-state index in [4.69, 9.17) is 14.2 Å². The van der Waals surface area contributed by atoms with Crippen LogP contribution in [0.15, 0.2) is 47.5 Å². The second-order valence-electron chi connectivity index (χ2n) is 6.69. The third-order valence-corrected chi connectivity index (χ3v) is 4.58. The summed E-state index contributed by atoms with van der Waals surface area (Å²) in [5, 5.41) is 6.67. The predicted octanol–water partition coefficient (Wildman–Crippen LogP) is 3.15. The first-order valence-corrected chi connectivity index (χ1v) is 9.72. The topological polar surface area (TPSA) is 64.1 Å². The number of hydrogen-bond acceptors (Lipinski definition) is 4. The van der Waals surface area contributed by atoms with Crippen molar-refractivity contribution >= 4 is 5.96 Å². The van der Waals surface area contributed by atoms with Crippen molar-refractivity contribution in [3.63, 3.8) is 0 Å². The number of hydrogen-bond donors (Lipinski definition) is 2. The number of methoxy groups -OCH3 is 1. The highest BCUT2D eigenvalue weighted by Gasteiger charge is 2.22. The summed E-state index contributed by atoms with van der Waals surface area (Å²) in [6.07, 6.45) is 1.99. The summed E-state index contributed by atoms with van der Waals surface area (Å²) in [5.41, 5.74) is 2.35. The molecule has 2 aromatic rings. The molecule has 1 heterocycles. The molecule has 1 unspecified atom stereocenters. The molecule has 2 N–H and O–H groups in total. The molecule has 0 saturated heterocycles. The zero-order chi connectivity index (χ0) is 19.8. The molecule has 6 heteroatoms. The number of ether oxygens (including phenoxy) is 3. The highest BCUT2D eigenvalue weighted by Crippen LogP contribution is 2.28. The number of nitrogens with zero attached hydrogens (tertiary/aromatic N) is 1. The van der Waals surface area contributed by atoms with Crippen molar-refractivity contribution in [2.24, 2.45) is 4.99 Å². The predicted molar refractivity (Wildman–Crippen MR) is 112 cm³/mol. The fraction of sp³-hybridized carbons (Fsp3) is 0.409. The Hall–Kier alpha value is -2.89. The minimum Gasteiger partial charge on any atom is -0.493 e. The van der Waals surface area contributed by atoms with E-state index in [1.54, 1.807) is 14.2 Å². The largest absolute Gasteiger partial charge is 0.493 e. The Bertz CT molecular complexity index is 782. The van der Waals surface area contributed by atoms with Crippen LogP contribution >= 0.6 is 0 Å². The lowest BCUT2D eigenvalue weighted by molar-refractivity contribution is 0.235. The van der Waals surface area contributed by atoms with Gasteiger partial charge < -0.3 is 24.8 Å². The van der Waals surface area contributed by atoms with Crippen LogP contribution in [-0.2, 0) is 13.0 Å². The second-order valence-corrected chi connectivity index (χ2v) is 6.69. The lowest BCUT2D eigenvalue weighted by Crippen LogP contribution is -2.41. The van der Waals surface area contributed by atoms with E-state index in [-0.39, 0.29) is 6.10 Å². The van der Waals surface area contributed by atoms with Gasteiger partial charge in [-0.15, -0.1) is 0 Å². The van der Waals surface area contributed by atoms with E-state index in [1.165, 1.54) is 5.56 Å². The lowest BCUT2D eigenvalue weighted by atomic mass is 10.1. The maximum Gasteiger partial charge on any atom is 0.191 e. The van der Waals surface area contributed by atoms with Crippen LogP contribution in [0.4, 0.5) is 0 Å². The van der Waals surface area contributed by atoms with Crippen LogP contribution < -0.4 is 24.8 Å². The van der Waals surface area contributed by atoms with E-state index in [1.807, 2.05) is 36.4 Å². The summed E-state index contributed by atoms with van der Waals surface area (Å²) in [7, 11) is 3.42. The van der Waals surface area contributed by atoms with E-state index >= 15 is 0 Å². The van der Waals surface area contributed by atoms with Crippen molar-refractivity contribution in [3.05, 3.63) is 53.6 Å². The minimum absolute atomic E-state index is 0.117. The molecule has 0 amide bonds. The Morgan fingerprint density at radius 2 is 2.04 bits per heavy atom. The summed E-state index contributed by atoms with van der Waals surface area (Å²) in [5.74, 6) is 3.24. The van der Waals surface area contributed by atoms with E-state index in [2.05, 4.69) is 28.6 Å². The van der Waals surface area contributed by atoms with Gasteiger partial charge in [-0.1, -0.05) is 31.2 Å². The van der Waals surface area contributed by atoms with Crippen molar-refractivity contribution in [1.82, 2.24) is 10.6 Å². The van der Waals surface area contributed by atoms with Crippen LogP contribution in [0.5, 0.6) is 17.2 Å². The third-order valence-electron chi connectivity index (χ3n) is 4.58. The normalized spacial score (nSPS) is 15.5. The first-order valence-electron chi connectivity index (χ1n) is 9.72. The molecule has 2 aromatic carbocycles. The maximum atomic E-state index is 5.96. The number of aliphatic imine (C=N–C) groups is 1. The van der Waals surface area contributed by atoms with Crippen molar-refractivity contribution in [2.75, 3.05) is 27.3 Å². The van der Waals surface area contributed by atoms with Gasteiger partial charge in [-0.25, -0.2) is 0 Å². The highest BCUT2D eigenvalue weighted by atomic mass is 16.5. The van der Waals surface area contributed by atoms with Gasteiger partial charge in [0.1, 0.15) is 11.9 Å². The molecule has 0 fully saturated rings. The van der Waals surface area contributed by atoms with E-state index < -0.39 is 0 Å². The molecule has 28 heavy (non-hydrogen) atoms. The molecular formula is C22H29N3O3. The molecule has 0 spiro atoms. The molecule has 0 saturated carbocycles. The molecule has 6 nitrogen and oxygen atoms in total. The van der Waals surface area contributed by atoms with E-state index in [0.717, 1.165) is 41.6 Å². The standard InChI is InChI=1S/C22H29N3O3/c1-4-11-27-20-10-9-16(12-21(20)26-3)14-24-22(23-2)25-15-18-13-17-7-5-6-8-19(17)28-18/h5-10,12,18H,4,11,13-15H2,1-3H3,(H2,23,24,25). The average molecular weight is 383 g/mol. The fourth-order valence-corrected chi connectivity index (χ4v) is 3.14. The first-order chi connectivity index (χ1) is 13.7. The van der Waals surface area contributed by atoms with Gasteiger partial charge in [0.15, 0.2) is 17.5 Å². The van der Waals surface area contributed by atoms with Gasteiger partial charge in [-0.05, 0) is 35.7 Å². The molecule has 1 aliphatic rings. The van der Waals surface area contributed by atoms with Gasteiger partial charge in [0.2, 0.25) is 0 Å². The summed E-state index contributed by atoms with van der Waals surface area (Å²) in [6, 6.07) is 14.2. The Labute approximate surface area is 166 Å². The number of nitrogens with one attached hydrogen (secondary N) is 2. The lowest BCUT2D eigenvalue weighted by Gasteiger charge is -2.16. The second kappa shape index (κ2) is 9.88. The Morgan fingerprint density at radius 1 is 1.18 bits per heavy atom. The Morgan fingerprint density at radius 3 is 2.79 bits per heavy atom. The zero-order valence-corrected chi connectivity index (χ0v) is 16.8. The van der Waals surface area contributed by atoms with Crippen LogP contribution in [0.25, 0.3) is 0 Å². The SMILES string of the molecule is CCCOc1ccc(CNC(=NC)NCC2Cc3ccccc3O2)cc1OC. The van der Waals surface area contributed by atoms with Crippen LogP contribution in [0.2, 0.25) is 0 Å². The summed E-state index contributed by atoms with van der Waals surface area (Å²) in [6.45, 7) is 4.09. The van der Waals surface area contributed by atoms with E-state index in [0.29, 0.717) is 19.7 Å². The van der Waals surface area contributed by atoms with Crippen molar-refractivity contribution in [1.29, 1.82) is 0 Å². The molecular weight excluding hydrogens is 354 g/mol. The Kier molecular flexibility index (Phi) is 7.00. The summed E-state index contributed by atoms with van der Waals surface area (Å²) < 4.78 is 17.1. The number of benzene rings is 2. The quantitative estimate of drug-likeness (QED) is 0.542. The van der Waals surface area contributed by atoms with Crippen molar-refractivity contribution < 1.29 is 14.2 Å². The Balaban J connectivity index is 1.49. The van der Waals surface area contributed by atoms with Crippen LogP contribution in [0, 0.1) is 0 Å². The number of guanidine groups is 1. The highest BCUT2D eigenvalue weighted by molar-refractivity contribution is 5.79. The third kappa shape index (κ3) is 5.09. The number of fused-ring (bicyclic) bond motifs is 1. The summed E-state index contributed by atoms with van der Waals surface area (Å²) >= 11 is 0. The van der Waals surface area contributed by atoms with Gasteiger partial charge >= 0.3 is 0 Å². The van der Waals surface area contributed by atoms with E-state index in [9.17, 15) is 0 Å². The minimum atomic E-state index is 0.117. The van der Waals surface area contributed by atoms with Crippen LogP contribution in [0.1, 0.15) is 24.5 Å². The van der Waals surface area contributed by atoms with Gasteiger partial charge in [0, 0.05) is 20.0 Å². The summed E-state index contributed by atoms with van der Waals surface area (Å²) in [4.78, 5) is 4.30. The maximum absolute atomic E-state index is 5.96. The molecule has 1 aliphatic heterocycles. The monoisotopic (exact) mass is 383 g/mol. The number of para-hydroxylation sites is 1. The molecule has 3 rings (SSSR count). The van der Waals surface area contributed by atoms with Crippen molar-refractivity contribution in [2.45, 2.75) is 32.4 Å². The average Bonchev–Trinajstić information content (AvgIpc) is 3.15. The van der Waals surface area contributed by atoms with Gasteiger partial charge in [-0.2, -0.15) is 0 Å². The van der Waals surface area contributed by atoms with Crippen molar-refractivity contribution in [3.8, 4) is 17.2 Å². The zero-order valence-electron chi connectivity index (χ0n) is 16.8. The molecule has 0 aromatic heterocycles. The molecule has 0 bridgehead atoms. The first kappa shape index (κ1) is 19.9. The van der Waals surface area contributed by atoms with Crippen LogP contribution in [0.3, 0.4) is 0 Å². The van der Waals surface area contributed by atoms with Gasteiger partial charge in [0.05, 0.1) is 20.3 Å². The van der Waals surface area contributed by atoms with Gasteiger partial charge in [-0.3, -0.25) is 4.99 Å². The van der Waals surface area contributed by atoms with Gasteiger partial charge in [0.25, 0.3) is 0 Å². The smallest absolute Gasteiger partial charge is 0.191 e. The molecule has 0 radical (unpaired) electrons. The number of rotatable bonds is 8. The fourth-order valence-electron chi connectivity index (χ4n) is 3.14. The molecule has 150 valence electrons. The van der Waals surface area contributed by atoms with Crippen LogP contribution in [-0.4, -0.2) is 39.4 Å². The molecule has 0 aliphatic carbocycles.